The highest BCUT2D eigenvalue weighted by atomic mass is 16.5. The maximum atomic E-state index is 12.4. The molecule has 73 heavy (non-hydrogen) atoms. The van der Waals surface area contributed by atoms with Crippen molar-refractivity contribution in [3.8, 4) is 11.5 Å². The summed E-state index contributed by atoms with van der Waals surface area (Å²) in [6.07, 6.45) is 12.6. The van der Waals surface area contributed by atoms with Crippen molar-refractivity contribution < 1.29 is 53.1 Å². The average Bonchev–Trinajstić information content (AvgIpc) is 3.40. The van der Waals surface area contributed by atoms with Crippen molar-refractivity contribution in [2.75, 3.05) is 53.6 Å². The number of likely N-dealkylation sites (tertiary alicyclic amines) is 1. The van der Waals surface area contributed by atoms with E-state index in [2.05, 4.69) is 94.2 Å². The number of carbonyl (C=O) groups is 5. The summed E-state index contributed by atoms with van der Waals surface area (Å²) in [4.78, 5) is 60.8. The van der Waals surface area contributed by atoms with Gasteiger partial charge < -0.3 is 34.5 Å². The average molecular weight is 1010 g/mol. The molecule has 4 aliphatic rings. The Morgan fingerprint density at radius 1 is 0.589 bits per heavy atom. The number of esters is 2. The number of nitrogens with zero attached hydrogens (tertiary/aromatic N) is 1. The van der Waals surface area contributed by atoms with Crippen LogP contribution in [0.1, 0.15) is 135 Å². The van der Waals surface area contributed by atoms with Gasteiger partial charge in [0, 0.05) is 25.2 Å². The zero-order chi connectivity index (χ0) is 53.0. The first kappa shape index (κ1) is 57.1. The molecule has 2 aliphatic carbocycles. The molecule has 0 amide bonds. The fourth-order valence-electron chi connectivity index (χ4n) is 11.4. The summed E-state index contributed by atoms with van der Waals surface area (Å²) in [5, 5.41) is 25.2. The molecule has 4 aromatic carbocycles. The number of fused-ring (bicyclic) bond motifs is 2. The van der Waals surface area contributed by atoms with Gasteiger partial charge in [-0.1, -0.05) is 77.9 Å². The Labute approximate surface area is 433 Å². The minimum Gasteiger partial charge on any atom is -0.490 e. The van der Waals surface area contributed by atoms with Gasteiger partial charge in [0.15, 0.2) is 17.0 Å². The van der Waals surface area contributed by atoms with Crippen molar-refractivity contribution in [2.24, 2.45) is 33.5 Å². The molecule has 13 heteroatoms. The number of rotatable bonds is 13. The molecule has 4 aromatic rings. The number of aliphatic hydroxyl groups excluding tert-OH is 2. The molecule has 2 aliphatic heterocycles. The van der Waals surface area contributed by atoms with Crippen molar-refractivity contribution in [1.29, 1.82) is 0 Å². The van der Waals surface area contributed by atoms with Crippen LogP contribution in [0, 0.1) is 33.5 Å². The Bertz CT molecular complexity index is 2460. The third-order valence-corrected chi connectivity index (χ3v) is 16.3. The molecule has 8 rings (SSSR count). The van der Waals surface area contributed by atoms with Crippen LogP contribution in [0.2, 0.25) is 0 Å². The second-order valence-corrected chi connectivity index (χ2v) is 23.0. The van der Waals surface area contributed by atoms with Crippen LogP contribution in [0.4, 0.5) is 0 Å². The molecule has 2 saturated carbocycles. The molecule has 4 fully saturated rings. The Balaban J connectivity index is 0.000000200. The van der Waals surface area contributed by atoms with E-state index in [0.717, 1.165) is 72.6 Å². The van der Waals surface area contributed by atoms with Crippen LogP contribution in [-0.2, 0) is 35.2 Å². The number of Topliss-reactive ketones (excluding diaryl/α,β-unsaturated/α-hetero) is 2. The molecule has 2 saturated heterocycles. The van der Waals surface area contributed by atoms with Gasteiger partial charge >= 0.3 is 11.9 Å². The van der Waals surface area contributed by atoms with E-state index >= 15 is 0 Å². The number of hydrogen-bond acceptors (Lipinski definition) is 13. The molecule has 0 aromatic heterocycles. The maximum Gasteiger partial charge on any atom is 0.323 e. The first-order valence-corrected chi connectivity index (χ1v) is 26.5. The summed E-state index contributed by atoms with van der Waals surface area (Å²) in [6, 6.07) is 24.8. The third-order valence-electron chi connectivity index (χ3n) is 16.3. The van der Waals surface area contributed by atoms with Crippen LogP contribution in [0.25, 0.3) is 21.5 Å². The smallest absolute Gasteiger partial charge is 0.323 e. The van der Waals surface area contributed by atoms with Crippen LogP contribution in [0.5, 0.6) is 11.5 Å². The SMILES string of the molecule is CC(C)(C)C1CCC(Oc2ccc3cc(C=O)ccc3c2)CC1.COC(=O)C1(C(=O)OC)CCN(Cc2ccc3cc(OC4CCC(C(C)(C)C)CC4)ccc3c2)CC1.O=C(CO)C1(C(=O)CO)CCNCC1. The highest BCUT2D eigenvalue weighted by molar-refractivity contribution is 6.08. The minimum absolute atomic E-state index is 0.307. The Morgan fingerprint density at radius 2 is 1.01 bits per heavy atom. The largest absolute Gasteiger partial charge is 0.490 e. The monoisotopic (exact) mass is 1010 g/mol. The van der Waals surface area contributed by atoms with E-state index in [4.69, 9.17) is 29.2 Å². The number of nitrogens with one attached hydrogen (secondary N) is 1. The number of hydrogen-bond donors (Lipinski definition) is 3. The molecular weight excluding hydrogens is 925 g/mol. The van der Waals surface area contributed by atoms with E-state index in [1.165, 1.54) is 56.2 Å². The fraction of sp³-hybridized carbons (Fsp3) is 0.583. The van der Waals surface area contributed by atoms with E-state index in [1.54, 1.807) is 0 Å². The van der Waals surface area contributed by atoms with E-state index in [-0.39, 0.29) is 0 Å². The molecule has 0 atom stereocenters. The first-order chi connectivity index (χ1) is 34.8. The molecule has 2 heterocycles. The van der Waals surface area contributed by atoms with E-state index in [9.17, 15) is 24.0 Å². The number of ketones is 2. The van der Waals surface area contributed by atoms with Gasteiger partial charge in [0.1, 0.15) is 31.0 Å². The lowest BCUT2D eigenvalue weighted by Crippen LogP contribution is -2.49. The van der Waals surface area contributed by atoms with E-state index in [1.807, 2.05) is 30.3 Å². The highest BCUT2D eigenvalue weighted by Gasteiger charge is 2.50. The van der Waals surface area contributed by atoms with Gasteiger partial charge in [-0.05, 0) is 176 Å². The van der Waals surface area contributed by atoms with Gasteiger partial charge in [-0.3, -0.25) is 28.9 Å². The molecule has 13 nitrogen and oxygen atoms in total. The van der Waals surface area contributed by atoms with Crippen LogP contribution in [-0.4, -0.2) is 111 Å². The summed E-state index contributed by atoms with van der Waals surface area (Å²) in [5.74, 6) is 1.53. The third kappa shape index (κ3) is 14.6. The van der Waals surface area contributed by atoms with E-state index in [0.29, 0.717) is 80.5 Å². The maximum absolute atomic E-state index is 12.4. The van der Waals surface area contributed by atoms with Crippen molar-refractivity contribution in [2.45, 2.75) is 137 Å². The number of methoxy groups -OCH3 is 2. The van der Waals surface area contributed by atoms with Crippen LogP contribution in [0.3, 0.4) is 0 Å². The Morgan fingerprint density at radius 3 is 1.44 bits per heavy atom. The van der Waals surface area contributed by atoms with Crippen molar-refractivity contribution in [1.82, 2.24) is 10.2 Å². The van der Waals surface area contributed by atoms with Gasteiger partial charge in [-0.15, -0.1) is 0 Å². The predicted octanol–water partition coefficient (Wildman–Crippen LogP) is 9.87. The second kappa shape index (κ2) is 25.3. The van der Waals surface area contributed by atoms with Crippen LogP contribution >= 0.6 is 0 Å². The number of aliphatic hydroxyl groups is 2. The normalized spacial score (nSPS) is 22.1. The fourth-order valence-corrected chi connectivity index (χ4v) is 11.4. The van der Waals surface area contributed by atoms with E-state index < -0.39 is 47.5 Å². The van der Waals surface area contributed by atoms with Gasteiger partial charge in [-0.2, -0.15) is 0 Å². The quantitative estimate of drug-likeness (QED) is 0.0656. The van der Waals surface area contributed by atoms with Gasteiger partial charge in [0.2, 0.25) is 0 Å². The van der Waals surface area contributed by atoms with Gasteiger partial charge in [0.25, 0.3) is 0 Å². The zero-order valence-corrected chi connectivity index (χ0v) is 44.8. The summed E-state index contributed by atoms with van der Waals surface area (Å²) >= 11 is 0. The Hall–Kier alpha value is -5.21. The van der Waals surface area contributed by atoms with Crippen molar-refractivity contribution in [3.63, 3.8) is 0 Å². The number of carbonyl (C=O) groups excluding carboxylic acids is 5. The first-order valence-electron chi connectivity index (χ1n) is 26.5. The standard InChI is InChI=1S/C30H41NO5.C21H26O2.C9H15NO4/c1-29(2,3)24-9-12-25(13-10-24)36-26-11-8-22-18-21(6-7-23(22)19-26)20-31-16-14-30(15-17-31,27(32)34-4)28(33)35-5;1-21(2,3)18-7-10-19(11-8-18)23-20-9-6-16-12-15(14-22)4-5-17(16)13-20;11-5-7(13)9(8(14)6-12)1-3-10-4-2-9/h6-8,11,18-19,24-25H,9-10,12-17,20H2,1-5H3;4-6,9,12-14,18-19H,7-8,10-11H2,1-3H3;10-12H,1-6H2. The number of benzene rings is 4. The molecule has 0 bridgehead atoms. The number of ether oxygens (including phenoxy) is 4. The topological polar surface area (TPSA) is 178 Å². The summed E-state index contributed by atoms with van der Waals surface area (Å²) in [6.45, 7) is 16.0. The summed E-state index contributed by atoms with van der Waals surface area (Å²) < 4.78 is 22.4. The molecule has 0 radical (unpaired) electrons. The lowest BCUT2D eigenvalue weighted by atomic mass is 9.72. The molecule has 0 spiro atoms. The highest BCUT2D eigenvalue weighted by Crippen LogP contribution is 2.41. The predicted molar refractivity (Wildman–Crippen MR) is 285 cm³/mol. The lowest BCUT2D eigenvalue weighted by Gasteiger charge is -2.37. The Kier molecular flexibility index (Phi) is 19.8. The summed E-state index contributed by atoms with van der Waals surface area (Å²) in [5.41, 5.74) is 0.378. The van der Waals surface area contributed by atoms with Gasteiger partial charge in [-0.25, -0.2) is 0 Å². The van der Waals surface area contributed by atoms with Crippen LogP contribution in [0.15, 0.2) is 72.8 Å². The van der Waals surface area contributed by atoms with Crippen LogP contribution < -0.4 is 14.8 Å². The minimum atomic E-state index is -1.19. The van der Waals surface area contributed by atoms with Crippen molar-refractivity contribution >= 4 is 51.3 Å². The molecule has 0 unspecified atom stereocenters. The zero-order valence-electron chi connectivity index (χ0n) is 44.8. The van der Waals surface area contributed by atoms with Crippen molar-refractivity contribution in [3.05, 3.63) is 83.9 Å². The summed E-state index contributed by atoms with van der Waals surface area (Å²) in [7, 11) is 2.64. The number of piperidine rings is 2. The molecule has 398 valence electrons. The molecule has 3 N–H and O–H groups in total. The molecular formula is C60H82N2O11. The lowest BCUT2D eigenvalue weighted by molar-refractivity contribution is -0.173. The number of aldehydes is 1. The van der Waals surface area contributed by atoms with Gasteiger partial charge in [0.05, 0.1) is 31.8 Å². The second-order valence-electron chi connectivity index (χ2n) is 23.0.